The van der Waals surface area contributed by atoms with Gasteiger partial charge in [0.25, 0.3) is 11.8 Å². The van der Waals surface area contributed by atoms with E-state index in [1.165, 1.54) is 0 Å². The number of carbonyl (C=O) groups excluding carboxylic acids is 3. The summed E-state index contributed by atoms with van der Waals surface area (Å²) in [7, 11) is 0. The maximum absolute atomic E-state index is 13.5. The number of carbonyl (C=O) groups is 4. The molecule has 3 amide bonds. The number of amides is 3. The number of thiophene rings is 1. The number of hydrogen-bond donors (Lipinski definition) is 2. The number of imide groups is 1. The van der Waals surface area contributed by atoms with Gasteiger partial charge in [0.2, 0.25) is 0 Å². The summed E-state index contributed by atoms with van der Waals surface area (Å²) in [6.45, 7) is 5.24. The molecule has 2 aromatic rings. The molecule has 168 valence electrons. The summed E-state index contributed by atoms with van der Waals surface area (Å²) >= 11 is 0.986. The summed E-state index contributed by atoms with van der Waals surface area (Å²) in [6, 6.07) is 5.61. The quantitative estimate of drug-likeness (QED) is 0.523. The van der Waals surface area contributed by atoms with E-state index in [9.17, 15) is 24.3 Å². The van der Waals surface area contributed by atoms with Gasteiger partial charge in [-0.15, -0.1) is 11.3 Å². The van der Waals surface area contributed by atoms with Gasteiger partial charge >= 0.3 is 12.1 Å². The summed E-state index contributed by atoms with van der Waals surface area (Å²) in [5.74, 6) is -1.75. The second kappa shape index (κ2) is 7.63. The van der Waals surface area contributed by atoms with E-state index in [0.29, 0.717) is 21.6 Å². The van der Waals surface area contributed by atoms with Crippen LogP contribution in [-0.4, -0.2) is 50.9 Å². The molecule has 10 heteroatoms. The fraction of sp³-hybridized carbons (Fsp3) is 0.364. The zero-order valence-corrected chi connectivity index (χ0v) is 18.7. The molecule has 2 aliphatic heterocycles. The summed E-state index contributed by atoms with van der Waals surface area (Å²) in [5, 5.41) is 9.91. The molecule has 32 heavy (non-hydrogen) atoms. The number of anilines is 1. The molecule has 1 atom stereocenters. The maximum atomic E-state index is 13.5. The SMILES string of the molecule is CC(C)(C)OC(=O)c1c(N)sc2c1CCN(C(=O)O)C2C(=O)N1Cc2ccccc2C1=O. The monoisotopic (exact) mass is 457 g/mol. The molecule has 0 spiro atoms. The van der Waals surface area contributed by atoms with Crippen molar-refractivity contribution in [3.63, 3.8) is 0 Å². The van der Waals surface area contributed by atoms with Crippen molar-refractivity contribution in [2.75, 3.05) is 12.3 Å². The van der Waals surface area contributed by atoms with Crippen LogP contribution in [-0.2, 0) is 22.5 Å². The topological polar surface area (TPSA) is 130 Å². The van der Waals surface area contributed by atoms with Crippen molar-refractivity contribution in [3.8, 4) is 0 Å². The second-order valence-electron chi connectivity index (χ2n) is 8.70. The Morgan fingerprint density at radius 3 is 2.53 bits per heavy atom. The van der Waals surface area contributed by atoms with Crippen LogP contribution >= 0.6 is 11.3 Å². The van der Waals surface area contributed by atoms with Crippen LogP contribution in [0.2, 0.25) is 0 Å². The lowest BCUT2D eigenvalue weighted by Crippen LogP contribution is -2.48. The first kappa shape index (κ1) is 21.8. The molecular formula is C22H23N3O6S. The standard InChI is InChI=1S/C22H23N3O6S/c1-22(2,3)31-20(28)14-13-8-9-24(21(29)30)15(16(13)32-17(14)23)19(27)25-10-11-6-4-5-7-12(11)18(25)26/h4-7,15H,8-10,23H2,1-3H3,(H,29,30). The van der Waals surface area contributed by atoms with Crippen molar-refractivity contribution in [1.82, 2.24) is 9.80 Å². The minimum atomic E-state index is -1.29. The number of carboxylic acid groups (broad SMARTS) is 1. The zero-order valence-electron chi connectivity index (χ0n) is 17.9. The molecule has 4 rings (SSSR count). The van der Waals surface area contributed by atoms with Crippen LogP contribution in [0.1, 0.15) is 63.5 Å². The predicted molar refractivity (Wildman–Crippen MR) is 116 cm³/mol. The van der Waals surface area contributed by atoms with E-state index in [4.69, 9.17) is 10.5 Å². The van der Waals surface area contributed by atoms with E-state index in [1.54, 1.807) is 45.0 Å². The second-order valence-corrected chi connectivity index (χ2v) is 9.78. The third-order valence-electron chi connectivity index (χ3n) is 5.40. The number of esters is 1. The van der Waals surface area contributed by atoms with Crippen molar-refractivity contribution < 1.29 is 29.0 Å². The van der Waals surface area contributed by atoms with Crippen LogP contribution in [0.15, 0.2) is 24.3 Å². The van der Waals surface area contributed by atoms with Gasteiger partial charge in [-0.2, -0.15) is 0 Å². The zero-order chi connectivity index (χ0) is 23.4. The van der Waals surface area contributed by atoms with Crippen molar-refractivity contribution in [2.24, 2.45) is 0 Å². The summed E-state index contributed by atoms with van der Waals surface area (Å²) in [6.07, 6.45) is -1.08. The molecule has 1 aromatic carbocycles. The minimum Gasteiger partial charge on any atom is -0.465 e. The molecule has 1 unspecified atom stereocenters. The minimum absolute atomic E-state index is 0.0142. The summed E-state index contributed by atoms with van der Waals surface area (Å²) in [5.41, 5.74) is 7.17. The third kappa shape index (κ3) is 3.60. The Balaban J connectivity index is 1.75. The highest BCUT2D eigenvalue weighted by atomic mass is 32.1. The van der Waals surface area contributed by atoms with Crippen molar-refractivity contribution >= 4 is 40.2 Å². The molecule has 1 aromatic heterocycles. The molecule has 0 aliphatic carbocycles. The van der Waals surface area contributed by atoms with Gasteiger partial charge in [-0.25, -0.2) is 9.59 Å². The Labute approximate surface area is 188 Å². The maximum Gasteiger partial charge on any atom is 0.408 e. The van der Waals surface area contributed by atoms with Gasteiger partial charge in [0.15, 0.2) is 0 Å². The lowest BCUT2D eigenvalue weighted by molar-refractivity contribution is -0.134. The van der Waals surface area contributed by atoms with Crippen LogP contribution in [0.25, 0.3) is 0 Å². The van der Waals surface area contributed by atoms with E-state index in [0.717, 1.165) is 21.1 Å². The molecule has 3 N–H and O–H groups in total. The van der Waals surface area contributed by atoms with Crippen LogP contribution in [0.5, 0.6) is 0 Å². The number of fused-ring (bicyclic) bond motifs is 2. The Morgan fingerprint density at radius 1 is 1.22 bits per heavy atom. The lowest BCUT2D eigenvalue weighted by atomic mass is 9.96. The van der Waals surface area contributed by atoms with Gasteiger partial charge in [0.05, 0.1) is 12.1 Å². The molecular weight excluding hydrogens is 434 g/mol. The van der Waals surface area contributed by atoms with E-state index < -0.39 is 35.5 Å². The first-order valence-corrected chi connectivity index (χ1v) is 10.9. The summed E-state index contributed by atoms with van der Waals surface area (Å²) in [4.78, 5) is 53.5. The van der Waals surface area contributed by atoms with Crippen LogP contribution in [0.4, 0.5) is 9.80 Å². The number of ether oxygens (including phenoxy) is 1. The first-order chi connectivity index (χ1) is 15.0. The molecule has 2 aliphatic rings. The number of benzene rings is 1. The van der Waals surface area contributed by atoms with Gasteiger partial charge in [-0.05, 0) is 44.4 Å². The van der Waals surface area contributed by atoms with E-state index >= 15 is 0 Å². The van der Waals surface area contributed by atoms with Crippen molar-refractivity contribution in [2.45, 2.75) is 45.4 Å². The highest BCUT2D eigenvalue weighted by Crippen LogP contribution is 2.43. The molecule has 0 bridgehead atoms. The normalized spacial score (nSPS) is 17.7. The number of nitrogens with zero attached hydrogens (tertiary/aromatic N) is 2. The Morgan fingerprint density at radius 2 is 1.91 bits per heavy atom. The molecule has 3 heterocycles. The molecule has 0 saturated heterocycles. The van der Waals surface area contributed by atoms with Gasteiger partial charge in [-0.3, -0.25) is 19.4 Å². The van der Waals surface area contributed by atoms with Gasteiger partial charge in [-0.1, -0.05) is 18.2 Å². The smallest absolute Gasteiger partial charge is 0.408 e. The number of rotatable bonds is 2. The van der Waals surface area contributed by atoms with Gasteiger partial charge < -0.3 is 15.6 Å². The lowest BCUT2D eigenvalue weighted by Gasteiger charge is -2.34. The van der Waals surface area contributed by atoms with Crippen molar-refractivity contribution in [3.05, 3.63) is 51.4 Å². The van der Waals surface area contributed by atoms with E-state index in [2.05, 4.69) is 0 Å². The molecule has 9 nitrogen and oxygen atoms in total. The Bertz CT molecular complexity index is 1150. The molecule has 0 saturated carbocycles. The Hall–Kier alpha value is -3.40. The van der Waals surface area contributed by atoms with Crippen LogP contribution in [0, 0.1) is 0 Å². The van der Waals surface area contributed by atoms with Gasteiger partial charge in [0, 0.05) is 17.0 Å². The average molecular weight is 458 g/mol. The largest absolute Gasteiger partial charge is 0.465 e. The molecule has 0 radical (unpaired) electrons. The fourth-order valence-electron chi connectivity index (χ4n) is 4.06. The van der Waals surface area contributed by atoms with Crippen LogP contribution in [0.3, 0.4) is 0 Å². The number of nitrogen functional groups attached to an aromatic ring is 1. The number of hydrogen-bond acceptors (Lipinski definition) is 7. The van der Waals surface area contributed by atoms with Crippen molar-refractivity contribution in [1.29, 1.82) is 0 Å². The van der Waals surface area contributed by atoms with E-state index in [-0.39, 0.29) is 30.1 Å². The Kier molecular flexibility index (Phi) is 5.20. The van der Waals surface area contributed by atoms with Crippen LogP contribution < -0.4 is 5.73 Å². The fourth-order valence-corrected chi connectivity index (χ4v) is 5.27. The number of nitrogens with two attached hydrogens (primary N) is 1. The first-order valence-electron chi connectivity index (χ1n) is 10.1. The highest BCUT2D eigenvalue weighted by molar-refractivity contribution is 7.16. The van der Waals surface area contributed by atoms with Gasteiger partial charge in [0.1, 0.15) is 16.6 Å². The van der Waals surface area contributed by atoms with E-state index in [1.807, 2.05) is 0 Å². The highest BCUT2D eigenvalue weighted by Gasteiger charge is 2.45. The molecule has 0 fully saturated rings. The predicted octanol–water partition coefficient (Wildman–Crippen LogP) is 3.05. The summed E-state index contributed by atoms with van der Waals surface area (Å²) < 4.78 is 5.47. The average Bonchev–Trinajstić information content (AvgIpc) is 3.22. The third-order valence-corrected chi connectivity index (χ3v) is 6.51.